The summed E-state index contributed by atoms with van der Waals surface area (Å²) < 4.78 is 5.43. The summed E-state index contributed by atoms with van der Waals surface area (Å²) in [6.07, 6.45) is 0.195. The quantitative estimate of drug-likeness (QED) is 0.727. The maximum absolute atomic E-state index is 12.1. The molecule has 0 unspecified atom stereocenters. The lowest BCUT2D eigenvalue weighted by Gasteiger charge is -2.16. The number of aryl methyl sites for hydroxylation is 1. The molecule has 1 aliphatic heterocycles. The van der Waals surface area contributed by atoms with Crippen molar-refractivity contribution in [2.24, 2.45) is 5.92 Å². The molecule has 122 valence electrons. The highest BCUT2D eigenvalue weighted by Gasteiger charge is 2.34. The third-order valence-corrected chi connectivity index (χ3v) is 3.86. The molecule has 2 rings (SSSR count). The first-order chi connectivity index (χ1) is 10.5. The zero-order valence-electron chi connectivity index (χ0n) is 13.0. The fourth-order valence-electron chi connectivity index (χ4n) is 2.58. The van der Waals surface area contributed by atoms with Gasteiger partial charge in [-0.1, -0.05) is 0 Å². The summed E-state index contributed by atoms with van der Waals surface area (Å²) in [7, 11) is 1.56. The van der Waals surface area contributed by atoms with Crippen LogP contribution in [-0.2, 0) is 11.2 Å². The van der Waals surface area contributed by atoms with Crippen LogP contribution in [0.4, 0.5) is 4.79 Å². The highest BCUT2D eigenvalue weighted by molar-refractivity contribution is 5.77. The lowest BCUT2D eigenvalue weighted by molar-refractivity contribution is -0.122. The molecular formula is C15H23N3O4. The molecule has 1 saturated heterocycles. The second kappa shape index (κ2) is 7.31. The van der Waals surface area contributed by atoms with Crippen molar-refractivity contribution in [3.63, 3.8) is 0 Å². The van der Waals surface area contributed by atoms with Gasteiger partial charge in [-0.25, -0.2) is 4.79 Å². The van der Waals surface area contributed by atoms with E-state index in [4.69, 9.17) is 4.42 Å². The number of amides is 3. The zero-order chi connectivity index (χ0) is 16.1. The summed E-state index contributed by atoms with van der Waals surface area (Å²) in [5, 5.41) is 15.3. The molecule has 0 bridgehead atoms. The van der Waals surface area contributed by atoms with Crippen LogP contribution in [0.5, 0.6) is 0 Å². The molecule has 1 aromatic rings. The Kier molecular flexibility index (Phi) is 5.43. The molecule has 1 aliphatic rings. The average Bonchev–Trinajstić information content (AvgIpc) is 3.05. The molecule has 0 radical (unpaired) electrons. The smallest absolute Gasteiger partial charge is 0.317 e. The number of carbonyl (C=O) groups excluding carboxylic acids is 2. The Labute approximate surface area is 129 Å². The SMILES string of the molecule is CNC(=O)C[C@@H]1CN(C(=O)NCCc2ccc(C)o2)C[C@H]1O. The zero-order valence-corrected chi connectivity index (χ0v) is 13.0. The molecule has 0 saturated carbocycles. The largest absolute Gasteiger partial charge is 0.466 e. The van der Waals surface area contributed by atoms with Crippen LogP contribution in [0.15, 0.2) is 16.5 Å². The molecule has 1 fully saturated rings. The molecule has 0 spiro atoms. The monoisotopic (exact) mass is 309 g/mol. The van der Waals surface area contributed by atoms with Crippen LogP contribution in [-0.4, -0.2) is 54.7 Å². The Bertz CT molecular complexity index is 529. The fraction of sp³-hybridized carbons (Fsp3) is 0.600. The van der Waals surface area contributed by atoms with Crippen molar-refractivity contribution in [3.05, 3.63) is 23.7 Å². The molecule has 1 aromatic heterocycles. The van der Waals surface area contributed by atoms with Crippen molar-refractivity contribution in [1.82, 2.24) is 15.5 Å². The molecule has 22 heavy (non-hydrogen) atoms. The average molecular weight is 309 g/mol. The van der Waals surface area contributed by atoms with E-state index in [0.717, 1.165) is 11.5 Å². The van der Waals surface area contributed by atoms with Gasteiger partial charge in [0.05, 0.1) is 6.10 Å². The molecular weight excluding hydrogens is 286 g/mol. The third kappa shape index (κ3) is 4.24. The van der Waals surface area contributed by atoms with Gasteiger partial charge in [-0.3, -0.25) is 4.79 Å². The summed E-state index contributed by atoms with van der Waals surface area (Å²) in [4.78, 5) is 25.0. The number of carbonyl (C=O) groups is 2. The number of aliphatic hydroxyl groups is 1. The van der Waals surface area contributed by atoms with Crippen molar-refractivity contribution in [2.75, 3.05) is 26.7 Å². The number of hydrogen-bond acceptors (Lipinski definition) is 4. The Hall–Kier alpha value is -2.02. The number of β-amino-alcohol motifs (C(OH)–C–C–N with tert-alkyl or cyclic N) is 1. The first kappa shape index (κ1) is 16.4. The van der Waals surface area contributed by atoms with Gasteiger partial charge in [-0.2, -0.15) is 0 Å². The van der Waals surface area contributed by atoms with Crippen LogP contribution < -0.4 is 10.6 Å². The summed E-state index contributed by atoms with van der Waals surface area (Å²) >= 11 is 0. The van der Waals surface area contributed by atoms with Crippen molar-refractivity contribution >= 4 is 11.9 Å². The van der Waals surface area contributed by atoms with Crippen LogP contribution in [0.1, 0.15) is 17.9 Å². The minimum absolute atomic E-state index is 0.125. The Balaban J connectivity index is 1.75. The van der Waals surface area contributed by atoms with E-state index < -0.39 is 6.10 Å². The maximum atomic E-state index is 12.1. The normalized spacial score (nSPS) is 21.0. The number of nitrogens with one attached hydrogen (secondary N) is 2. The second-order valence-electron chi connectivity index (χ2n) is 5.60. The van der Waals surface area contributed by atoms with E-state index >= 15 is 0 Å². The van der Waals surface area contributed by atoms with Crippen LogP contribution in [0, 0.1) is 12.8 Å². The molecule has 3 amide bonds. The second-order valence-corrected chi connectivity index (χ2v) is 5.60. The van der Waals surface area contributed by atoms with Gasteiger partial charge in [0.25, 0.3) is 0 Å². The van der Waals surface area contributed by atoms with E-state index in [9.17, 15) is 14.7 Å². The van der Waals surface area contributed by atoms with Crippen molar-refractivity contribution < 1.29 is 19.1 Å². The number of likely N-dealkylation sites (tertiary alicyclic amines) is 1. The predicted molar refractivity (Wildman–Crippen MR) is 80.3 cm³/mol. The highest BCUT2D eigenvalue weighted by atomic mass is 16.3. The molecule has 2 heterocycles. The van der Waals surface area contributed by atoms with Crippen molar-refractivity contribution in [1.29, 1.82) is 0 Å². The number of rotatable bonds is 5. The van der Waals surface area contributed by atoms with E-state index in [0.29, 0.717) is 19.5 Å². The van der Waals surface area contributed by atoms with Gasteiger partial charge in [0, 0.05) is 45.4 Å². The molecule has 0 aliphatic carbocycles. The predicted octanol–water partition coefficient (Wildman–Crippen LogP) is 0.269. The number of aliphatic hydroxyl groups excluding tert-OH is 1. The Morgan fingerprint density at radius 3 is 2.82 bits per heavy atom. The Morgan fingerprint density at radius 2 is 2.18 bits per heavy atom. The topological polar surface area (TPSA) is 94.8 Å². The van der Waals surface area contributed by atoms with E-state index in [2.05, 4.69) is 10.6 Å². The van der Waals surface area contributed by atoms with Gasteiger partial charge in [0.1, 0.15) is 11.5 Å². The van der Waals surface area contributed by atoms with Crippen LogP contribution in [0.3, 0.4) is 0 Å². The lowest BCUT2D eigenvalue weighted by atomic mass is 10.0. The van der Waals surface area contributed by atoms with Crippen molar-refractivity contribution in [3.8, 4) is 0 Å². The minimum Gasteiger partial charge on any atom is -0.466 e. The Morgan fingerprint density at radius 1 is 1.41 bits per heavy atom. The van der Waals surface area contributed by atoms with Gasteiger partial charge in [0.15, 0.2) is 0 Å². The van der Waals surface area contributed by atoms with E-state index in [-0.39, 0.29) is 30.8 Å². The molecule has 7 heteroatoms. The van der Waals surface area contributed by atoms with Gasteiger partial charge >= 0.3 is 6.03 Å². The van der Waals surface area contributed by atoms with E-state index in [1.807, 2.05) is 19.1 Å². The number of hydrogen-bond donors (Lipinski definition) is 3. The minimum atomic E-state index is -0.657. The van der Waals surface area contributed by atoms with Crippen LogP contribution in [0.2, 0.25) is 0 Å². The van der Waals surface area contributed by atoms with Crippen LogP contribution in [0.25, 0.3) is 0 Å². The van der Waals surface area contributed by atoms with Gasteiger partial charge in [-0.15, -0.1) is 0 Å². The molecule has 2 atom stereocenters. The molecule has 3 N–H and O–H groups in total. The third-order valence-electron chi connectivity index (χ3n) is 3.86. The summed E-state index contributed by atoms with van der Waals surface area (Å²) in [6.45, 7) is 2.99. The standard InChI is InChI=1S/C15H23N3O4/c1-10-3-4-12(22-10)5-6-17-15(21)18-8-11(13(19)9-18)7-14(20)16-2/h3-4,11,13,19H,5-9H2,1-2H3,(H,16,20)(H,17,21)/t11-,13-/m1/s1. The van der Waals surface area contributed by atoms with Gasteiger partial charge in [0.2, 0.25) is 5.91 Å². The molecule has 0 aromatic carbocycles. The number of nitrogens with zero attached hydrogens (tertiary/aromatic N) is 1. The fourth-order valence-corrected chi connectivity index (χ4v) is 2.58. The highest BCUT2D eigenvalue weighted by Crippen LogP contribution is 2.20. The first-order valence-electron chi connectivity index (χ1n) is 7.46. The summed E-state index contributed by atoms with van der Waals surface area (Å²) in [5.74, 6) is 1.34. The first-order valence-corrected chi connectivity index (χ1v) is 7.46. The van der Waals surface area contributed by atoms with Gasteiger partial charge in [-0.05, 0) is 19.1 Å². The number of urea groups is 1. The van der Waals surface area contributed by atoms with Crippen LogP contribution >= 0.6 is 0 Å². The van der Waals surface area contributed by atoms with Crippen molar-refractivity contribution in [2.45, 2.75) is 25.9 Å². The molecule has 7 nitrogen and oxygen atoms in total. The van der Waals surface area contributed by atoms with Gasteiger partial charge < -0.3 is 25.1 Å². The number of furan rings is 1. The maximum Gasteiger partial charge on any atom is 0.317 e. The lowest BCUT2D eigenvalue weighted by Crippen LogP contribution is -2.39. The van der Waals surface area contributed by atoms with E-state index in [1.54, 1.807) is 11.9 Å². The summed E-state index contributed by atoms with van der Waals surface area (Å²) in [6, 6.07) is 3.56. The van der Waals surface area contributed by atoms with E-state index in [1.165, 1.54) is 0 Å². The summed E-state index contributed by atoms with van der Waals surface area (Å²) in [5.41, 5.74) is 0.